The fourth-order valence-electron chi connectivity index (χ4n) is 1.05. The van der Waals surface area contributed by atoms with Gasteiger partial charge in [-0.25, -0.2) is 0 Å². The monoisotopic (exact) mass is 213 g/mol. The molecular formula is C11H16ClNO. The molecule has 78 valence electrons. The maximum atomic E-state index is 9.21. The Hall–Kier alpha value is -0.890. The molecule has 1 atom stereocenters. The SMILES string of the molecule is CCC(C)CNc1ccc(O)c(Cl)c1. The molecule has 0 amide bonds. The van der Waals surface area contributed by atoms with Crippen molar-refractivity contribution in [3.05, 3.63) is 23.2 Å². The van der Waals surface area contributed by atoms with Crippen molar-refractivity contribution >= 4 is 17.3 Å². The van der Waals surface area contributed by atoms with Crippen molar-refractivity contribution in [2.75, 3.05) is 11.9 Å². The number of phenolic OH excluding ortho intramolecular Hbond substituents is 1. The number of phenols is 1. The molecule has 0 saturated carbocycles. The lowest BCUT2D eigenvalue weighted by Gasteiger charge is -2.11. The van der Waals surface area contributed by atoms with Crippen LogP contribution in [0.4, 0.5) is 5.69 Å². The van der Waals surface area contributed by atoms with Gasteiger partial charge in [0.25, 0.3) is 0 Å². The molecule has 1 aromatic rings. The largest absolute Gasteiger partial charge is 0.506 e. The maximum absolute atomic E-state index is 9.21. The van der Waals surface area contributed by atoms with Crippen molar-refractivity contribution in [2.24, 2.45) is 5.92 Å². The number of rotatable bonds is 4. The van der Waals surface area contributed by atoms with Crippen LogP contribution in [0.3, 0.4) is 0 Å². The number of nitrogens with one attached hydrogen (secondary N) is 1. The first-order chi connectivity index (χ1) is 6.63. The van der Waals surface area contributed by atoms with E-state index in [2.05, 4.69) is 19.2 Å². The van der Waals surface area contributed by atoms with E-state index < -0.39 is 0 Å². The van der Waals surface area contributed by atoms with E-state index in [1.165, 1.54) is 0 Å². The van der Waals surface area contributed by atoms with Crippen LogP contribution in [0.25, 0.3) is 0 Å². The Morgan fingerprint density at radius 2 is 2.21 bits per heavy atom. The first-order valence-electron chi connectivity index (χ1n) is 4.86. The molecule has 0 saturated heterocycles. The van der Waals surface area contributed by atoms with Crippen molar-refractivity contribution in [1.29, 1.82) is 0 Å². The summed E-state index contributed by atoms with van der Waals surface area (Å²) in [6.07, 6.45) is 1.15. The molecule has 14 heavy (non-hydrogen) atoms. The normalized spacial score (nSPS) is 12.5. The van der Waals surface area contributed by atoms with E-state index in [4.69, 9.17) is 11.6 Å². The van der Waals surface area contributed by atoms with E-state index in [9.17, 15) is 5.11 Å². The van der Waals surface area contributed by atoms with Crippen LogP contribution in [0.2, 0.25) is 5.02 Å². The fraction of sp³-hybridized carbons (Fsp3) is 0.455. The van der Waals surface area contributed by atoms with Gasteiger partial charge in [-0.05, 0) is 24.1 Å². The predicted octanol–water partition coefficient (Wildman–Crippen LogP) is 3.50. The molecule has 0 heterocycles. The maximum Gasteiger partial charge on any atom is 0.134 e. The van der Waals surface area contributed by atoms with Crippen molar-refractivity contribution < 1.29 is 5.11 Å². The summed E-state index contributed by atoms with van der Waals surface area (Å²) >= 11 is 5.77. The Morgan fingerprint density at radius 1 is 1.50 bits per heavy atom. The number of anilines is 1. The summed E-state index contributed by atoms with van der Waals surface area (Å²) in [6.45, 7) is 5.28. The van der Waals surface area contributed by atoms with Crippen LogP contribution in [0.15, 0.2) is 18.2 Å². The molecule has 0 aliphatic heterocycles. The van der Waals surface area contributed by atoms with Gasteiger partial charge in [-0.1, -0.05) is 31.9 Å². The van der Waals surface area contributed by atoms with Crippen LogP contribution < -0.4 is 5.32 Å². The summed E-state index contributed by atoms with van der Waals surface area (Å²) in [4.78, 5) is 0. The predicted molar refractivity (Wildman–Crippen MR) is 61.1 cm³/mol. The van der Waals surface area contributed by atoms with Crippen molar-refractivity contribution in [3.8, 4) is 5.75 Å². The zero-order valence-electron chi connectivity index (χ0n) is 8.55. The van der Waals surface area contributed by atoms with E-state index in [-0.39, 0.29) is 5.75 Å². The number of benzene rings is 1. The third-order valence-electron chi connectivity index (χ3n) is 2.30. The standard InChI is InChI=1S/C11H16ClNO/c1-3-8(2)7-13-9-4-5-11(14)10(12)6-9/h4-6,8,13-14H,3,7H2,1-2H3. The average molecular weight is 214 g/mol. The van der Waals surface area contributed by atoms with Gasteiger partial charge in [-0.15, -0.1) is 0 Å². The Kier molecular flexibility index (Phi) is 4.08. The lowest BCUT2D eigenvalue weighted by molar-refractivity contribution is 0.475. The Bertz CT molecular complexity index is 301. The zero-order chi connectivity index (χ0) is 10.6. The first-order valence-corrected chi connectivity index (χ1v) is 5.23. The lowest BCUT2D eigenvalue weighted by Crippen LogP contribution is -2.09. The molecule has 0 aliphatic carbocycles. The van der Waals surface area contributed by atoms with E-state index in [0.29, 0.717) is 10.9 Å². The van der Waals surface area contributed by atoms with Crippen LogP contribution >= 0.6 is 11.6 Å². The van der Waals surface area contributed by atoms with Gasteiger partial charge >= 0.3 is 0 Å². The second-order valence-electron chi connectivity index (χ2n) is 3.56. The van der Waals surface area contributed by atoms with E-state index >= 15 is 0 Å². The molecule has 0 radical (unpaired) electrons. The second-order valence-corrected chi connectivity index (χ2v) is 3.97. The quantitative estimate of drug-likeness (QED) is 0.751. The molecule has 3 heteroatoms. The van der Waals surface area contributed by atoms with E-state index in [1.807, 2.05) is 6.07 Å². The van der Waals surface area contributed by atoms with Crippen molar-refractivity contribution in [3.63, 3.8) is 0 Å². The van der Waals surface area contributed by atoms with Crippen molar-refractivity contribution in [1.82, 2.24) is 0 Å². The minimum absolute atomic E-state index is 0.126. The number of halogens is 1. The topological polar surface area (TPSA) is 32.3 Å². The summed E-state index contributed by atoms with van der Waals surface area (Å²) in [5.74, 6) is 0.767. The zero-order valence-corrected chi connectivity index (χ0v) is 9.30. The minimum atomic E-state index is 0.126. The Morgan fingerprint density at radius 3 is 2.79 bits per heavy atom. The number of hydrogen-bond acceptors (Lipinski definition) is 2. The highest BCUT2D eigenvalue weighted by Crippen LogP contribution is 2.26. The molecule has 1 rings (SSSR count). The van der Waals surface area contributed by atoms with Gasteiger partial charge in [-0.3, -0.25) is 0 Å². The minimum Gasteiger partial charge on any atom is -0.506 e. The van der Waals surface area contributed by atoms with Crippen molar-refractivity contribution in [2.45, 2.75) is 20.3 Å². The summed E-state index contributed by atoms with van der Waals surface area (Å²) in [6, 6.07) is 5.16. The van der Waals surface area contributed by atoms with Gasteiger partial charge in [0.15, 0.2) is 0 Å². The molecule has 0 bridgehead atoms. The summed E-state index contributed by atoms with van der Waals surface area (Å²) in [5, 5.41) is 12.9. The van der Waals surface area contributed by atoms with E-state index in [1.54, 1.807) is 12.1 Å². The lowest BCUT2D eigenvalue weighted by atomic mass is 10.1. The molecule has 0 aliphatic rings. The van der Waals surface area contributed by atoms with Crippen LogP contribution in [0, 0.1) is 5.92 Å². The smallest absolute Gasteiger partial charge is 0.134 e. The first kappa shape index (κ1) is 11.2. The Labute approximate surface area is 89.9 Å². The highest BCUT2D eigenvalue weighted by atomic mass is 35.5. The number of aromatic hydroxyl groups is 1. The molecule has 1 aromatic carbocycles. The second kappa shape index (κ2) is 5.11. The fourth-order valence-corrected chi connectivity index (χ4v) is 1.23. The van der Waals surface area contributed by atoms with Gasteiger partial charge in [0.1, 0.15) is 5.75 Å². The number of hydrogen-bond donors (Lipinski definition) is 2. The Balaban J connectivity index is 2.55. The third kappa shape index (κ3) is 3.11. The van der Waals surface area contributed by atoms with Gasteiger partial charge in [0.2, 0.25) is 0 Å². The van der Waals surface area contributed by atoms with Gasteiger partial charge in [0.05, 0.1) is 5.02 Å². The molecule has 2 N–H and O–H groups in total. The van der Waals surface area contributed by atoms with Gasteiger partial charge in [0, 0.05) is 12.2 Å². The summed E-state index contributed by atoms with van der Waals surface area (Å²) in [7, 11) is 0. The van der Waals surface area contributed by atoms with Gasteiger partial charge < -0.3 is 10.4 Å². The molecule has 0 fully saturated rings. The molecule has 1 unspecified atom stereocenters. The molecule has 0 spiro atoms. The van der Waals surface area contributed by atoms with Crippen LogP contribution in [0.5, 0.6) is 5.75 Å². The van der Waals surface area contributed by atoms with E-state index in [0.717, 1.165) is 18.7 Å². The summed E-state index contributed by atoms with van der Waals surface area (Å²) < 4.78 is 0. The van der Waals surface area contributed by atoms with Gasteiger partial charge in [-0.2, -0.15) is 0 Å². The third-order valence-corrected chi connectivity index (χ3v) is 2.60. The highest BCUT2D eigenvalue weighted by molar-refractivity contribution is 6.32. The average Bonchev–Trinajstić information content (AvgIpc) is 2.19. The molecule has 0 aromatic heterocycles. The highest BCUT2D eigenvalue weighted by Gasteiger charge is 2.01. The summed E-state index contributed by atoms with van der Waals surface area (Å²) in [5.41, 5.74) is 0.952. The molecule has 2 nitrogen and oxygen atoms in total. The molecular weight excluding hydrogens is 198 g/mol. The van der Waals surface area contributed by atoms with Crippen LogP contribution in [-0.4, -0.2) is 11.7 Å². The van der Waals surface area contributed by atoms with Crippen LogP contribution in [-0.2, 0) is 0 Å². The van der Waals surface area contributed by atoms with Crippen LogP contribution in [0.1, 0.15) is 20.3 Å².